The number of quaternary nitrogens is 1. The molecule has 7 atom stereocenters. The Bertz CT molecular complexity index is 1030. The quantitative estimate of drug-likeness (QED) is 0.533. The summed E-state index contributed by atoms with van der Waals surface area (Å²) >= 11 is 0. The number of carbonyl (C=O) groups excluding carboxylic acids is 1. The van der Waals surface area contributed by atoms with Gasteiger partial charge in [-0.25, -0.2) is 0 Å². The molecule has 4 fully saturated rings. The Balaban J connectivity index is 1.31. The standard InChI is InChI=1S/C30H40BNO3/c1-20(15-26(33)25(32)17-22-13-9-6-10-14-22)24(16-21-11-7-5-8-12-21)31-34-28-19-23-18-27(29(23,2)3)30(28,4)35-31/h5-14,20,23-25,27-28H,15-19,32H2,1-4H3/p+1/t20-,23?,24+,25-,27?,28?,30+/m0/s1. The Morgan fingerprint density at radius 1 is 1.00 bits per heavy atom. The Labute approximate surface area is 211 Å². The summed E-state index contributed by atoms with van der Waals surface area (Å²) in [6.45, 7) is 9.27. The Hall–Kier alpha value is -1.95. The first kappa shape index (κ1) is 24.7. The highest BCUT2D eigenvalue weighted by molar-refractivity contribution is 6.47. The minimum absolute atomic E-state index is 0.119. The maximum atomic E-state index is 13.2. The van der Waals surface area contributed by atoms with Gasteiger partial charge in [0, 0.05) is 18.7 Å². The summed E-state index contributed by atoms with van der Waals surface area (Å²) < 4.78 is 13.6. The van der Waals surface area contributed by atoms with Gasteiger partial charge in [-0.3, -0.25) is 4.79 Å². The van der Waals surface area contributed by atoms with E-state index in [0.29, 0.717) is 24.2 Å². The Morgan fingerprint density at radius 2 is 1.60 bits per heavy atom. The molecular weight excluding hydrogens is 433 g/mol. The number of rotatable bonds is 9. The summed E-state index contributed by atoms with van der Waals surface area (Å²) in [5.74, 6) is 1.74. The summed E-state index contributed by atoms with van der Waals surface area (Å²) in [5, 5.41) is 0. The molecule has 186 valence electrons. The molecule has 0 amide bonds. The molecule has 4 nitrogen and oxygen atoms in total. The van der Waals surface area contributed by atoms with Crippen molar-refractivity contribution in [3.8, 4) is 0 Å². The predicted octanol–water partition coefficient (Wildman–Crippen LogP) is 4.78. The smallest absolute Gasteiger partial charge is 0.405 e. The molecule has 0 aromatic heterocycles. The molecule has 1 heterocycles. The monoisotopic (exact) mass is 474 g/mol. The zero-order chi connectivity index (χ0) is 24.8. The third-order valence-corrected chi connectivity index (χ3v) is 9.67. The SMILES string of the molecule is C[C@@H](CC(=O)[C@@H]([NH3+])Cc1ccccc1)[C@@H](Cc1ccccc1)B1OC2CC3CC(C3(C)C)[C@@]2(C)O1. The summed E-state index contributed by atoms with van der Waals surface area (Å²) in [6.07, 6.45) is 4.52. The van der Waals surface area contributed by atoms with Crippen molar-refractivity contribution in [2.75, 3.05) is 0 Å². The number of ketones is 1. The lowest BCUT2D eigenvalue weighted by Crippen LogP contribution is -2.66. The predicted molar refractivity (Wildman–Crippen MR) is 140 cm³/mol. The molecule has 1 saturated heterocycles. The van der Waals surface area contributed by atoms with Crippen molar-refractivity contribution in [2.45, 2.75) is 83.4 Å². The molecule has 35 heavy (non-hydrogen) atoms. The van der Waals surface area contributed by atoms with Gasteiger partial charge in [0.25, 0.3) is 0 Å². The van der Waals surface area contributed by atoms with Crippen LogP contribution in [0.5, 0.6) is 0 Å². The minimum atomic E-state index is -0.277. The van der Waals surface area contributed by atoms with Crippen LogP contribution in [0.3, 0.4) is 0 Å². The fourth-order valence-corrected chi connectivity index (χ4v) is 7.18. The van der Waals surface area contributed by atoms with Crippen LogP contribution in [0.25, 0.3) is 0 Å². The average molecular weight is 474 g/mol. The molecule has 6 rings (SSSR count). The number of benzene rings is 2. The van der Waals surface area contributed by atoms with Crippen LogP contribution in [0, 0.1) is 23.2 Å². The van der Waals surface area contributed by atoms with E-state index in [1.165, 1.54) is 12.0 Å². The third-order valence-electron chi connectivity index (χ3n) is 9.67. The fraction of sp³-hybridized carbons (Fsp3) is 0.567. The highest BCUT2D eigenvalue weighted by atomic mass is 16.7. The average Bonchev–Trinajstić information content (AvgIpc) is 3.20. The second-order valence-corrected chi connectivity index (χ2v) is 12.2. The van der Waals surface area contributed by atoms with Gasteiger partial charge in [-0.1, -0.05) is 81.4 Å². The highest BCUT2D eigenvalue weighted by Gasteiger charge is 2.68. The van der Waals surface area contributed by atoms with Gasteiger partial charge in [0.1, 0.15) is 6.04 Å². The number of carbonyl (C=O) groups is 1. The second-order valence-electron chi connectivity index (χ2n) is 12.2. The molecule has 2 aromatic carbocycles. The van der Waals surface area contributed by atoms with E-state index < -0.39 is 0 Å². The van der Waals surface area contributed by atoms with E-state index in [1.807, 2.05) is 18.2 Å². The Morgan fingerprint density at radius 3 is 2.20 bits per heavy atom. The second kappa shape index (κ2) is 9.50. The van der Waals surface area contributed by atoms with E-state index in [-0.39, 0.29) is 42.4 Å². The normalized spacial score (nSPS) is 31.2. The summed E-state index contributed by atoms with van der Waals surface area (Å²) in [7, 11) is -0.277. The molecule has 2 aromatic rings. The van der Waals surface area contributed by atoms with Gasteiger partial charge in [-0.15, -0.1) is 0 Å². The molecule has 3 N–H and O–H groups in total. The van der Waals surface area contributed by atoms with Crippen molar-refractivity contribution in [1.29, 1.82) is 0 Å². The lowest BCUT2D eigenvalue weighted by Gasteiger charge is -2.64. The number of hydrogen-bond donors (Lipinski definition) is 1. The van der Waals surface area contributed by atoms with E-state index in [2.05, 4.69) is 75.9 Å². The van der Waals surface area contributed by atoms with Gasteiger partial charge < -0.3 is 15.0 Å². The minimum Gasteiger partial charge on any atom is -0.405 e. The van der Waals surface area contributed by atoms with Crippen LogP contribution in [0.15, 0.2) is 60.7 Å². The first-order valence-electron chi connectivity index (χ1n) is 13.5. The Kier molecular flexibility index (Phi) is 6.71. The molecule has 2 bridgehead atoms. The molecule has 5 heteroatoms. The highest BCUT2D eigenvalue weighted by Crippen LogP contribution is 2.66. The van der Waals surface area contributed by atoms with E-state index >= 15 is 0 Å². The lowest BCUT2D eigenvalue weighted by molar-refractivity contribution is -0.402. The third kappa shape index (κ3) is 4.63. The van der Waals surface area contributed by atoms with Gasteiger partial charge >= 0.3 is 7.12 Å². The topological polar surface area (TPSA) is 63.2 Å². The van der Waals surface area contributed by atoms with Crippen LogP contribution in [0.2, 0.25) is 5.82 Å². The van der Waals surface area contributed by atoms with Crippen molar-refractivity contribution in [1.82, 2.24) is 0 Å². The lowest BCUT2D eigenvalue weighted by atomic mass is 9.43. The maximum Gasteiger partial charge on any atom is 0.461 e. The van der Waals surface area contributed by atoms with Crippen LogP contribution >= 0.6 is 0 Å². The van der Waals surface area contributed by atoms with Crippen molar-refractivity contribution in [3.05, 3.63) is 71.8 Å². The van der Waals surface area contributed by atoms with Crippen molar-refractivity contribution < 1.29 is 19.8 Å². The number of hydrogen-bond acceptors (Lipinski definition) is 3. The van der Waals surface area contributed by atoms with E-state index in [1.54, 1.807) is 0 Å². The largest absolute Gasteiger partial charge is 0.461 e. The van der Waals surface area contributed by atoms with Crippen LogP contribution in [0.4, 0.5) is 0 Å². The van der Waals surface area contributed by atoms with E-state index in [9.17, 15) is 4.79 Å². The molecule has 3 saturated carbocycles. The van der Waals surface area contributed by atoms with Crippen LogP contribution < -0.4 is 5.73 Å². The van der Waals surface area contributed by atoms with Crippen LogP contribution in [-0.4, -0.2) is 30.6 Å². The van der Waals surface area contributed by atoms with Crippen LogP contribution in [0.1, 0.15) is 58.1 Å². The van der Waals surface area contributed by atoms with Gasteiger partial charge in [0.2, 0.25) is 0 Å². The summed E-state index contributed by atoms with van der Waals surface area (Å²) in [6, 6.07) is 20.5. The van der Waals surface area contributed by atoms with Gasteiger partial charge in [-0.05, 0) is 60.5 Å². The van der Waals surface area contributed by atoms with E-state index in [0.717, 1.165) is 24.3 Å². The molecule has 3 unspecified atom stereocenters. The van der Waals surface area contributed by atoms with Gasteiger partial charge in [-0.2, -0.15) is 0 Å². The first-order valence-corrected chi connectivity index (χ1v) is 13.5. The molecule has 0 spiro atoms. The molecule has 0 radical (unpaired) electrons. The zero-order valence-corrected chi connectivity index (χ0v) is 21.8. The number of Topliss-reactive ketones (excluding diaryl/α,β-unsaturated/α-hetero) is 1. The molecule has 3 aliphatic carbocycles. The fourth-order valence-electron chi connectivity index (χ4n) is 7.18. The van der Waals surface area contributed by atoms with Crippen LogP contribution in [-0.2, 0) is 26.9 Å². The van der Waals surface area contributed by atoms with Crippen molar-refractivity contribution in [2.24, 2.45) is 23.2 Å². The molecular formula is C30H41BNO3+. The van der Waals surface area contributed by atoms with Gasteiger partial charge in [0.15, 0.2) is 5.78 Å². The van der Waals surface area contributed by atoms with E-state index in [4.69, 9.17) is 9.31 Å². The summed E-state index contributed by atoms with van der Waals surface area (Å²) in [5.41, 5.74) is 6.73. The van der Waals surface area contributed by atoms with Crippen molar-refractivity contribution in [3.63, 3.8) is 0 Å². The van der Waals surface area contributed by atoms with Crippen molar-refractivity contribution >= 4 is 12.9 Å². The van der Waals surface area contributed by atoms with Gasteiger partial charge in [0.05, 0.1) is 11.7 Å². The molecule has 4 aliphatic rings. The molecule has 1 aliphatic heterocycles. The summed E-state index contributed by atoms with van der Waals surface area (Å²) in [4.78, 5) is 13.2. The zero-order valence-electron chi connectivity index (χ0n) is 21.8. The maximum absolute atomic E-state index is 13.2. The first-order chi connectivity index (χ1) is 16.7.